The Morgan fingerprint density at radius 1 is 1.41 bits per heavy atom. The number of amides is 2. The Bertz CT molecular complexity index is 297. The van der Waals surface area contributed by atoms with Crippen LogP contribution in [0.2, 0.25) is 0 Å². The lowest BCUT2D eigenvalue weighted by atomic mass is 10.2. The van der Waals surface area contributed by atoms with Gasteiger partial charge in [0.25, 0.3) is 0 Å². The molecule has 1 rings (SSSR count). The van der Waals surface area contributed by atoms with Crippen molar-refractivity contribution in [3.05, 3.63) is 0 Å². The van der Waals surface area contributed by atoms with Gasteiger partial charge in [-0.05, 0) is 27.7 Å². The Morgan fingerprint density at radius 3 is 2.65 bits per heavy atom. The van der Waals surface area contributed by atoms with Crippen LogP contribution in [0.1, 0.15) is 34.1 Å². The quantitative estimate of drug-likeness (QED) is 0.785. The van der Waals surface area contributed by atoms with Crippen LogP contribution in [0.15, 0.2) is 0 Å². The summed E-state index contributed by atoms with van der Waals surface area (Å²) in [4.78, 5) is 24.8. The van der Waals surface area contributed by atoms with Gasteiger partial charge in [-0.15, -0.1) is 0 Å². The second-order valence-corrected chi connectivity index (χ2v) is 5.38. The van der Waals surface area contributed by atoms with Crippen LogP contribution < -0.4 is 5.32 Å². The van der Waals surface area contributed by atoms with Gasteiger partial charge in [0.1, 0.15) is 0 Å². The lowest BCUT2D eigenvalue weighted by molar-refractivity contribution is -0.133. The lowest BCUT2D eigenvalue weighted by Gasteiger charge is -2.28. The third-order valence-electron chi connectivity index (χ3n) is 2.64. The average molecular weight is 242 g/mol. The van der Waals surface area contributed by atoms with E-state index in [1.54, 1.807) is 4.90 Å². The van der Waals surface area contributed by atoms with Crippen LogP contribution >= 0.6 is 0 Å². The van der Waals surface area contributed by atoms with Crippen LogP contribution in [0.5, 0.6) is 0 Å². The van der Waals surface area contributed by atoms with Crippen LogP contribution in [0.4, 0.5) is 0 Å². The Labute approximate surface area is 102 Å². The van der Waals surface area contributed by atoms with Crippen molar-refractivity contribution in [3.8, 4) is 0 Å². The van der Waals surface area contributed by atoms with E-state index in [0.717, 1.165) is 0 Å². The average Bonchev–Trinajstić information content (AvgIpc) is 2.29. The Hall–Kier alpha value is -1.10. The number of carbonyl (C=O) groups excluding carboxylic acids is 2. The topological polar surface area (TPSA) is 58.6 Å². The van der Waals surface area contributed by atoms with Crippen LogP contribution in [0.25, 0.3) is 0 Å². The summed E-state index contributed by atoms with van der Waals surface area (Å²) in [6, 6.07) is -0.0615. The number of hydrogen-bond acceptors (Lipinski definition) is 3. The highest BCUT2D eigenvalue weighted by molar-refractivity contribution is 5.87. The molecule has 0 bridgehead atoms. The fraction of sp³-hybridized carbons (Fsp3) is 0.833. The molecule has 1 saturated heterocycles. The van der Waals surface area contributed by atoms with Gasteiger partial charge in [-0.3, -0.25) is 9.59 Å². The van der Waals surface area contributed by atoms with Crippen molar-refractivity contribution in [3.63, 3.8) is 0 Å². The molecule has 0 saturated carbocycles. The molecule has 2 amide bonds. The molecule has 1 heterocycles. The minimum atomic E-state index is -0.202. The van der Waals surface area contributed by atoms with Gasteiger partial charge in [0.2, 0.25) is 11.8 Å². The Balaban J connectivity index is 2.49. The Kier molecular flexibility index (Phi) is 4.51. The van der Waals surface area contributed by atoms with Crippen LogP contribution in [0.3, 0.4) is 0 Å². The molecule has 5 nitrogen and oxygen atoms in total. The van der Waals surface area contributed by atoms with E-state index in [1.807, 2.05) is 27.7 Å². The molecule has 17 heavy (non-hydrogen) atoms. The van der Waals surface area contributed by atoms with Gasteiger partial charge >= 0.3 is 0 Å². The summed E-state index contributed by atoms with van der Waals surface area (Å²) >= 11 is 0. The third kappa shape index (κ3) is 4.73. The zero-order valence-corrected chi connectivity index (χ0v) is 11.1. The summed E-state index contributed by atoms with van der Waals surface area (Å²) in [6.45, 7) is 8.95. The third-order valence-corrected chi connectivity index (χ3v) is 2.64. The first-order valence-corrected chi connectivity index (χ1v) is 6.00. The molecule has 98 valence electrons. The molecule has 1 aliphatic rings. The number of rotatable bonds is 3. The highest BCUT2D eigenvalue weighted by Crippen LogP contribution is 2.10. The van der Waals surface area contributed by atoms with E-state index >= 15 is 0 Å². The predicted octanol–water partition coefficient (Wildman–Crippen LogP) is 0.539. The first-order valence-electron chi connectivity index (χ1n) is 6.00. The van der Waals surface area contributed by atoms with Crippen LogP contribution in [0, 0.1) is 0 Å². The first kappa shape index (κ1) is 14.0. The van der Waals surface area contributed by atoms with E-state index in [4.69, 9.17) is 4.74 Å². The zero-order valence-electron chi connectivity index (χ0n) is 11.1. The molecule has 1 unspecified atom stereocenters. The monoisotopic (exact) mass is 242 g/mol. The summed E-state index contributed by atoms with van der Waals surface area (Å²) in [7, 11) is 0. The molecule has 0 aromatic carbocycles. The lowest BCUT2D eigenvalue weighted by Crippen LogP contribution is -2.42. The molecular formula is C12H22N2O3. The van der Waals surface area contributed by atoms with Crippen molar-refractivity contribution in [2.75, 3.05) is 19.7 Å². The second kappa shape index (κ2) is 5.49. The SMILES string of the molecule is CC1CC(=O)NCC(=O)N1CCOC(C)(C)C. The smallest absolute Gasteiger partial charge is 0.242 e. The van der Waals surface area contributed by atoms with E-state index in [-0.39, 0.29) is 30.0 Å². The largest absolute Gasteiger partial charge is 0.374 e. The minimum absolute atomic E-state index is 0.0409. The van der Waals surface area contributed by atoms with Crippen molar-refractivity contribution in [2.45, 2.75) is 45.8 Å². The van der Waals surface area contributed by atoms with E-state index in [9.17, 15) is 9.59 Å². The van der Waals surface area contributed by atoms with Gasteiger partial charge in [0.15, 0.2) is 0 Å². The van der Waals surface area contributed by atoms with Crippen molar-refractivity contribution in [1.82, 2.24) is 10.2 Å². The van der Waals surface area contributed by atoms with Gasteiger partial charge in [-0.25, -0.2) is 0 Å². The van der Waals surface area contributed by atoms with E-state index in [2.05, 4.69) is 5.32 Å². The molecule has 5 heteroatoms. The van der Waals surface area contributed by atoms with E-state index in [0.29, 0.717) is 19.6 Å². The van der Waals surface area contributed by atoms with Gasteiger partial charge in [0.05, 0.1) is 18.8 Å². The summed E-state index contributed by atoms with van der Waals surface area (Å²) in [5.41, 5.74) is -0.202. The van der Waals surface area contributed by atoms with Crippen molar-refractivity contribution >= 4 is 11.8 Å². The molecule has 0 aromatic heterocycles. The molecule has 0 radical (unpaired) electrons. The standard InChI is InChI=1S/C12H22N2O3/c1-9-7-10(15)13-8-11(16)14(9)5-6-17-12(2,3)4/h9H,5-8H2,1-4H3,(H,13,15). The molecule has 0 aromatic rings. The van der Waals surface area contributed by atoms with Crippen molar-refractivity contribution in [2.24, 2.45) is 0 Å². The summed E-state index contributed by atoms with van der Waals surface area (Å²) in [5.74, 6) is -0.106. The van der Waals surface area contributed by atoms with Crippen LogP contribution in [-0.2, 0) is 14.3 Å². The number of nitrogens with zero attached hydrogens (tertiary/aromatic N) is 1. The summed E-state index contributed by atoms with van der Waals surface area (Å²) in [6.07, 6.45) is 0.362. The van der Waals surface area contributed by atoms with Crippen LogP contribution in [-0.4, -0.2) is 48.1 Å². The molecule has 1 fully saturated rings. The van der Waals surface area contributed by atoms with Crippen molar-refractivity contribution in [1.29, 1.82) is 0 Å². The maximum Gasteiger partial charge on any atom is 0.242 e. The highest BCUT2D eigenvalue weighted by Gasteiger charge is 2.26. The van der Waals surface area contributed by atoms with Gasteiger partial charge in [-0.2, -0.15) is 0 Å². The maximum atomic E-state index is 11.8. The zero-order chi connectivity index (χ0) is 13.1. The predicted molar refractivity (Wildman–Crippen MR) is 64.5 cm³/mol. The fourth-order valence-corrected chi connectivity index (χ4v) is 1.77. The fourth-order valence-electron chi connectivity index (χ4n) is 1.77. The first-order chi connectivity index (χ1) is 7.79. The summed E-state index contributed by atoms with van der Waals surface area (Å²) < 4.78 is 5.60. The van der Waals surface area contributed by atoms with Crippen molar-refractivity contribution < 1.29 is 14.3 Å². The minimum Gasteiger partial charge on any atom is -0.374 e. The van der Waals surface area contributed by atoms with Gasteiger partial charge in [0, 0.05) is 19.0 Å². The number of hydrogen-bond donors (Lipinski definition) is 1. The van der Waals surface area contributed by atoms with Gasteiger partial charge < -0.3 is 15.0 Å². The normalized spacial score (nSPS) is 22.4. The second-order valence-electron chi connectivity index (χ2n) is 5.38. The molecule has 1 atom stereocenters. The molecule has 0 spiro atoms. The molecule has 1 aliphatic heterocycles. The van der Waals surface area contributed by atoms with Gasteiger partial charge in [-0.1, -0.05) is 0 Å². The van der Waals surface area contributed by atoms with E-state index < -0.39 is 0 Å². The Morgan fingerprint density at radius 2 is 2.06 bits per heavy atom. The molecule has 0 aliphatic carbocycles. The highest BCUT2D eigenvalue weighted by atomic mass is 16.5. The van der Waals surface area contributed by atoms with E-state index in [1.165, 1.54) is 0 Å². The summed E-state index contributed by atoms with van der Waals surface area (Å²) in [5, 5.41) is 2.59. The molecular weight excluding hydrogens is 220 g/mol. The maximum absolute atomic E-state index is 11.8. The number of carbonyl (C=O) groups is 2. The number of ether oxygens (including phenoxy) is 1. The number of nitrogens with one attached hydrogen (secondary N) is 1. The molecule has 1 N–H and O–H groups in total.